The highest BCUT2D eigenvalue weighted by molar-refractivity contribution is 6.06. The minimum Gasteiger partial charge on any atom is -0.492 e. The zero-order valence-corrected chi connectivity index (χ0v) is 20.4. The molecule has 33 heavy (non-hydrogen) atoms. The average molecular weight is 455 g/mol. The molecule has 0 bridgehead atoms. The Bertz CT molecular complexity index is 1020. The largest absolute Gasteiger partial charge is 0.492 e. The number of aryl methyl sites for hydroxylation is 1. The summed E-state index contributed by atoms with van der Waals surface area (Å²) in [5.74, 6) is 1.19. The molecule has 1 aliphatic heterocycles. The summed E-state index contributed by atoms with van der Waals surface area (Å²) in [5, 5.41) is 0. The summed E-state index contributed by atoms with van der Waals surface area (Å²) in [6.07, 6.45) is 1.14. The van der Waals surface area contributed by atoms with Crippen LogP contribution in [0.4, 0.5) is 0 Å². The van der Waals surface area contributed by atoms with Crippen LogP contribution in [0, 0.1) is 18.8 Å². The lowest BCUT2D eigenvalue weighted by molar-refractivity contribution is 0.0453. The topological polar surface area (TPSA) is 71.1 Å². The van der Waals surface area contributed by atoms with Crippen LogP contribution in [-0.4, -0.2) is 25.0 Å². The number of esters is 1. The van der Waals surface area contributed by atoms with Crippen LogP contribution in [0.1, 0.15) is 79.3 Å². The highest BCUT2D eigenvalue weighted by Gasteiger charge is 2.33. The Morgan fingerprint density at radius 3 is 2.52 bits per heavy atom. The molecule has 1 aliphatic rings. The van der Waals surface area contributed by atoms with Crippen molar-refractivity contribution >= 4 is 11.8 Å². The predicted molar refractivity (Wildman–Crippen MR) is 127 cm³/mol. The van der Waals surface area contributed by atoms with Crippen molar-refractivity contribution < 1.29 is 28.5 Å². The number of carbonyl (C=O) groups excluding carboxylic acids is 2. The normalized spacial score (nSPS) is 12.9. The monoisotopic (exact) mass is 454 g/mol. The molecule has 0 saturated carbocycles. The molecule has 1 heterocycles. The summed E-state index contributed by atoms with van der Waals surface area (Å²) in [6.45, 7) is 12.7. The molecule has 0 aromatic heterocycles. The summed E-state index contributed by atoms with van der Waals surface area (Å²) in [7, 11) is 0. The van der Waals surface area contributed by atoms with E-state index in [2.05, 4.69) is 13.8 Å². The second-order valence-electron chi connectivity index (χ2n) is 9.23. The molecule has 0 radical (unpaired) electrons. The number of ketones is 1. The number of carbonyl (C=O) groups is 2. The van der Waals surface area contributed by atoms with Crippen molar-refractivity contribution in [3.63, 3.8) is 0 Å². The summed E-state index contributed by atoms with van der Waals surface area (Å²) in [6, 6.07) is 7.36. The SMILES string of the molecule is CCOc1c(C(=O)CC(C)C)cc(OCCC(C)C)c2c1C(=O)OCc1cc(C)ccc1O2. The molecule has 0 spiro atoms. The first-order chi connectivity index (χ1) is 15.7. The van der Waals surface area contributed by atoms with Gasteiger partial charge in [-0.1, -0.05) is 39.3 Å². The van der Waals surface area contributed by atoms with Crippen molar-refractivity contribution in [3.8, 4) is 23.0 Å². The quantitative estimate of drug-likeness (QED) is 0.318. The van der Waals surface area contributed by atoms with E-state index in [9.17, 15) is 9.59 Å². The predicted octanol–water partition coefficient (Wildman–Crippen LogP) is 6.51. The van der Waals surface area contributed by atoms with E-state index in [4.69, 9.17) is 18.9 Å². The van der Waals surface area contributed by atoms with E-state index in [1.165, 1.54) is 0 Å². The molecule has 0 aliphatic carbocycles. The fraction of sp³-hybridized carbons (Fsp3) is 0.481. The number of Topliss-reactive ketones (excluding diaryl/α,β-unsaturated/α-hetero) is 1. The Morgan fingerprint density at radius 1 is 1.09 bits per heavy atom. The van der Waals surface area contributed by atoms with Crippen molar-refractivity contribution in [2.45, 2.75) is 61.0 Å². The van der Waals surface area contributed by atoms with Gasteiger partial charge in [0.05, 0.1) is 18.8 Å². The molecule has 6 nitrogen and oxygen atoms in total. The molecule has 0 N–H and O–H groups in total. The summed E-state index contributed by atoms with van der Waals surface area (Å²) < 4.78 is 23.8. The van der Waals surface area contributed by atoms with Gasteiger partial charge in [0.2, 0.25) is 0 Å². The van der Waals surface area contributed by atoms with Crippen LogP contribution in [-0.2, 0) is 11.3 Å². The Hall–Kier alpha value is -3.02. The number of hydrogen-bond acceptors (Lipinski definition) is 6. The lowest BCUT2D eigenvalue weighted by Crippen LogP contribution is -2.17. The van der Waals surface area contributed by atoms with Crippen LogP contribution in [0.5, 0.6) is 23.0 Å². The molecule has 178 valence electrons. The molecule has 2 aromatic rings. The van der Waals surface area contributed by atoms with E-state index in [-0.39, 0.29) is 42.0 Å². The maximum Gasteiger partial charge on any atom is 0.346 e. The van der Waals surface area contributed by atoms with Crippen molar-refractivity contribution in [3.05, 3.63) is 46.5 Å². The highest BCUT2D eigenvalue weighted by Crippen LogP contribution is 2.46. The zero-order valence-electron chi connectivity index (χ0n) is 20.4. The number of benzene rings is 2. The molecular weight excluding hydrogens is 420 g/mol. The van der Waals surface area contributed by atoms with Crippen molar-refractivity contribution in [2.75, 3.05) is 13.2 Å². The van der Waals surface area contributed by atoms with Gasteiger partial charge in [0.15, 0.2) is 17.3 Å². The van der Waals surface area contributed by atoms with E-state index in [1.54, 1.807) is 6.07 Å². The molecule has 0 atom stereocenters. The van der Waals surface area contributed by atoms with Gasteiger partial charge in [-0.3, -0.25) is 4.79 Å². The molecule has 0 amide bonds. The van der Waals surface area contributed by atoms with E-state index >= 15 is 0 Å². The van der Waals surface area contributed by atoms with Gasteiger partial charge in [-0.15, -0.1) is 0 Å². The van der Waals surface area contributed by atoms with Crippen LogP contribution in [0.15, 0.2) is 24.3 Å². The lowest BCUT2D eigenvalue weighted by atomic mass is 9.97. The third-order valence-corrected chi connectivity index (χ3v) is 5.32. The van der Waals surface area contributed by atoms with Crippen LogP contribution in [0.25, 0.3) is 0 Å². The average Bonchev–Trinajstić information content (AvgIpc) is 2.73. The van der Waals surface area contributed by atoms with Gasteiger partial charge in [0.1, 0.15) is 23.7 Å². The Morgan fingerprint density at radius 2 is 1.85 bits per heavy atom. The van der Waals surface area contributed by atoms with E-state index in [0.29, 0.717) is 36.0 Å². The highest BCUT2D eigenvalue weighted by atomic mass is 16.6. The Kier molecular flexibility index (Phi) is 8.01. The Labute approximate surface area is 196 Å². The molecule has 3 rings (SSSR count). The number of fused-ring (bicyclic) bond motifs is 2. The number of cyclic esters (lactones) is 1. The van der Waals surface area contributed by atoms with Crippen LogP contribution < -0.4 is 14.2 Å². The number of hydrogen-bond donors (Lipinski definition) is 0. The fourth-order valence-electron chi connectivity index (χ4n) is 3.65. The third-order valence-electron chi connectivity index (χ3n) is 5.32. The van der Waals surface area contributed by atoms with Crippen molar-refractivity contribution in [2.24, 2.45) is 11.8 Å². The van der Waals surface area contributed by atoms with Gasteiger partial charge in [-0.05, 0) is 50.3 Å². The van der Waals surface area contributed by atoms with Crippen LogP contribution in [0.3, 0.4) is 0 Å². The van der Waals surface area contributed by atoms with Crippen LogP contribution >= 0.6 is 0 Å². The van der Waals surface area contributed by atoms with E-state index < -0.39 is 5.97 Å². The molecule has 0 unspecified atom stereocenters. The standard InChI is InChI=1S/C27H34O6/c1-7-30-25-20(21(28)12-17(4)5)14-23(31-11-10-16(2)3)26-24(25)27(29)32-15-19-13-18(6)8-9-22(19)33-26/h8-9,13-14,16-17H,7,10-12,15H2,1-6H3. The van der Waals surface area contributed by atoms with Gasteiger partial charge < -0.3 is 18.9 Å². The van der Waals surface area contributed by atoms with Crippen LogP contribution in [0.2, 0.25) is 0 Å². The van der Waals surface area contributed by atoms with Crippen molar-refractivity contribution in [1.82, 2.24) is 0 Å². The molecule has 0 saturated heterocycles. The van der Waals surface area contributed by atoms with Crippen molar-refractivity contribution in [1.29, 1.82) is 0 Å². The summed E-state index contributed by atoms with van der Waals surface area (Å²) >= 11 is 0. The fourth-order valence-corrected chi connectivity index (χ4v) is 3.65. The second kappa shape index (κ2) is 10.7. The molecule has 2 aromatic carbocycles. The second-order valence-corrected chi connectivity index (χ2v) is 9.23. The smallest absolute Gasteiger partial charge is 0.346 e. The van der Waals surface area contributed by atoms with Gasteiger partial charge in [0.25, 0.3) is 0 Å². The first-order valence-corrected chi connectivity index (χ1v) is 11.7. The minimum absolute atomic E-state index is 0.0640. The minimum atomic E-state index is -0.603. The van der Waals surface area contributed by atoms with Gasteiger partial charge in [-0.2, -0.15) is 0 Å². The lowest BCUT2D eigenvalue weighted by Gasteiger charge is -2.24. The van der Waals surface area contributed by atoms with Gasteiger partial charge >= 0.3 is 5.97 Å². The number of ether oxygens (including phenoxy) is 4. The maximum absolute atomic E-state index is 13.2. The first kappa shape index (κ1) is 24.6. The number of rotatable bonds is 9. The maximum atomic E-state index is 13.2. The Balaban J connectivity index is 2.21. The summed E-state index contributed by atoms with van der Waals surface area (Å²) in [4.78, 5) is 26.4. The van der Waals surface area contributed by atoms with E-state index in [0.717, 1.165) is 17.5 Å². The van der Waals surface area contributed by atoms with Gasteiger partial charge in [0, 0.05) is 12.0 Å². The molecular formula is C27H34O6. The van der Waals surface area contributed by atoms with E-state index in [1.807, 2.05) is 45.9 Å². The first-order valence-electron chi connectivity index (χ1n) is 11.7. The van der Waals surface area contributed by atoms with Gasteiger partial charge in [-0.25, -0.2) is 4.79 Å². The molecule has 0 fully saturated rings. The third kappa shape index (κ3) is 5.86. The molecule has 6 heteroatoms. The summed E-state index contributed by atoms with van der Waals surface area (Å²) in [5.41, 5.74) is 2.21. The zero-order chi connectivity index (χ0) is 24.1.